The lowest BCUT2D eigenvalue weighted by Crippen LogP contribution is -2.37. The van der Waals surface area contributed by atoms with E-state index in [0.717, 1.165) is 46.9 Å². The number of hydrogen-bond donors (Lipinski definition) is 0. The molecule has 0 amide bonds. The second-order valence-corrected chi connectivity index (χ2v) is 13.1. The van der Waals surface area contributed by atoms with Gasteiger partial charge in [0.05, 0.1) is 47.9 Å². The zero-order valence-corrected chi connectivity index (χ0v) is 25.3. The number of thiazole rings is 1. The van der Waals surface area contributed by atoms with Gasteiger partial charge in [0.1, 0.15) is 29.4 Å². The first-order valence-corrected chi connectivity index (χ1v) is 16.2. The molecule has 5 heterocycles. The molecule has 1 fully saturated rings. The van der Waals surface area contributed by atoms with Crippen LogP contribution in [0.5, 0.6) is 16.7 Å². The Kier molecular flexibility index (Phi) is 7.50. The Bertz CT molecular complexity index is 1790. The summed E-state index contributed by atoms with van der Waals surface area (Å²) in [7, 11) is 3.20. The van der Waals surface area contributed by atoms with Crippen molar-refractivity contribution >= 4 is 50.0 Å². The number of aromatic nitrogens is 4. The van der Waals surface area contributed by atoms with Gasteiger partial charge >= 0.3 is 0 Å². The van der Waals surface area contributed by atoms with Gasteiger partial charge in [-0.05, 0) is 42.4 Å². The lowest BCUT2D eigenvalue weighted by Gasteiger charge is -2.30. The van der Waals surface area contributed by atoms with Gasteiger partial charge in [-0.1, -0.05) is 18.2 Å². The van der Waals surface area contributed by atoms with Gasteiger partial charge in [0.2, 0.25) is 4.96 Å². The summed E-state index contributed by atoms with van der Waals surface area (Å²) >= 11 is 1.90. The molecule has 1 unspecified atom stereocenters. The third-order valence-corrected chi connectivity index (χ3v) is 10.6. The van der Waals surface area contributed by atoms with Crippen molar-refractivity contribution in [1.29, 1.82) is 0 Å². The van der Waals surface area contributed by atoms with Gasteiger partial charge in [-0.25, -0.2) is 14.5 Å². The number of methoxy groups -OCH3 is 2. The third-order valence-electron chi connectivity index (χ3n) is 7.19. The monoisotopic (exact) mass is 621 g/mol. The number of nitrogens with zero attached hydrogens (tertiary/aromatic N) is 5. The molecular weight excluding hydrogens is 595 g/mol. The van der Waals surface area contributed by atoms with E-state index in [0.29, 0.717) is 51.2 Å². The number of imidazole rings is 1. The van der Waals surface area contributed by atoms with Crippen molar-refractivity contribution in [2.75, 3.05) is 27.3 Å². The van der Waals surface area contributed by atoms with Crippen LogP contribution in [0.25, 0.3) is 27.4 Å². The van der Waals surface area contributed by atoms with Gasteiger partial charge in [0, 0.05) is 36.5 Å². The normalized spacial score (nSPS) is 15.4. The maximum absolute atomic E-state index is 12.9. The molecule has 13 heteroatoms. The van der Waals surface area contributed by atoms with Gasteiger partial charge in [0.25, 0.3) is 5.19 Å². The first kappa shape index (κ1) is 27.2. The van der Waals surface area contributed by atoms with E-state index in [4.69, 9.17) is 23.6 Å². The van der Waals surface area contributed by atoms with Crippen LogP contribution in [0.4, 0.5) is 0 Å². The molecule has 0 N–H and O–H groups in total. The van der Waals surface area contributed by atoms with Crippen LogP contribution in [-0.4, -0.2) is 55.7 Å². The molecule has 1 saturated heterocycles. The average molecular weight is 622 g/mol. The molecule has 1 aliphatic heterocycles. The lowest BCUT2D eigenvalue weighted by molar-refractivity contribution is 0.301. The summed E-state index contributed by atoms with van der Waals surface area (Å²) < 4.78 is 39.8. The van der Waals surface area contributed by atoms with E-state index in [1.807, 2.05) is 54.7 Å². The van der Waals surface area contributed by atoms with E-state index >= 15 is 0 Å². The zero-order chi connectivity index (χ0) is 28.6. The molecule has 0 radical (unpaired) electrons. The molecule has 0 spiro atoms. The minimum absolute atomic E-state index is 0.320. The van der Waals surface area contributed by atoms with E-state index < -0.39 is 11.4 Å². The fraction of sp³-hybridized carbons (Fsp3) is 0.276. The molecule has 0 bridgehead atoms. The molecule has 1 atom stereocenters. The fourth-order valence-electron chi connectivity index (χ4n) is 5.01. The van der Waals surface area contributed by atoms with Crippen molar-refractivity contribution in [2.45, 2.75) is 30.3 Å². The fourth-order valence-corrected chi connectivity index (χ4v) is 7.92. The highest BCUT2D eigenvalue weighted by Gasteiger charge is 2.30. The molecule has 1 aliphatic rings. The van der Waals surface area contributed by atoms with Crippen LogP contribution in [0.2, 0.25) is 0 Å². The van der Waals surface area contributed by atoms with Crippen LogP contribution < -0.4 is 14.2 Å². The number of fused-ring (bicyclic) bond motifs is 2. The Hall–Kier alpha value is -3.62. The van der Waals surface area contributed by atoms with Crippen molar-refractivity contribution in [3.63, 3.8) is 0 Å². The molecule has 216 valence electrons. The molecule has 42 heavy (non-hydrogen) atoms. The van der Waals surface area contributed by atoms with Crippen LogP contribution in [0.1, 0.15) is 29.5 Å². The zero-order valence-electron chi connectivity index (χ0n) is 22.9. The van der Waals surface area contributed by atoms with Crippen LogP contribution in [0, 0.1) is 0 Å². The maximum Gasteiger partial charge on any atom is 0.294 e. The van der Waals surface area contributed by atoms with Crippen molar-refractivity contribution in [3.05, 3.63) is 70.8 Å². The molecule has 2 aromatic carbocycles. The standard InChI is InChI=1S/C29H27N5O5S3/c1-36-20-12-24(22-14-26(39-25(22)13-20)23-15-34-28(31-23)41-29(32-34)37-2)38-16-19-17-40-27(30-19)18-8-10-33(11-9-18)42(35)21-6-4-3-5-7-21/h3-7,12-15,17-18H,8-11,16H2,1-2H3. The van der Waals surface area contributed by atoms with E-state index in [2.05, 4.69) is 19.8 Å². The maximum atomic E-state index is 12.9. The van der Waals surface area contributed by atoms with Gasteiger partial charge in [-0.3, -0.25) is 0 Å². The second kappa shape index (κ2) is 11.6. The first-order valence-electron chi connectivity index (χ1n) is 13.4. The summed E-state index contributed by atoms with van der Waals surface area (Å²) in [5, 5.41) is 8.87. The number of hydrogen-bond acceptors (Lipinski definition) is 11. The van der Waals surface area contributed by atoms with Crippen LogP contribution in [-0.2, 0) is 18.0 Å². The molecule has 0 saturated carbocycles. The highest BCUT2D eigenvalue weighted by atomic mass is 32.2. The summed E-state index contributed by atoms with van der Waals surface area (Å²) in [6.07, 6.45) is 3.66. The molecular formula is C29H27N5O5S3. The SMILES string of the molecule is COc1cc(OCc2csc(C3CCN([S+]([O-])c4ccccc4)CC3)n2)c2cc(-c3cn4nc(OC)sc4n3)oc2c1. The topological polar surface area (TPSA) is 110 Å². The number of benzene rings is 2. The molecule has 10 nitrogen and oxygen atoms in total. The quantitative estimate of drug-likeness (QED) is 0.175. The predicted octanol–water partition coefficient (Wildman–Crippen LogP) is 6.16. The van der Waals surface area contributed by atoms with E-state index in [1.54, 1.807) is 30.1 Å². The Labute approximate surface area is 252 Å². The van der Waals surface area contributed by atoms with Gasteiger partial charge in [-0.15, -0.1) is 20.7 Å². The molecule has 7 rings (SSSR count). The van der Waals surface area contributed by atoms with Crippen molar-refractivity contribution in [2.24, 2.45) is 0 Å². The Morgan fingerprint density at radius 2 is 1.90 bits per heavy atom. The van der Waals surface area contributed by atoms with Gasteiger partial charge in [0.15, 0.2) is 10.7 Å². The minimum Gasteiger partial charge on any atom is -0.593 e. The average Bonchev–Trinajstić information content (AvgIpc) is 3.82. The Morgan fingerprint density at radius 3 is 2.67 bits per heavy atom. The van der Waals surface area contributed by atoms with Crippen molar-refractivity contribution in [3.8, 4) is 28.1 Å². The van der Waals surface area contributed by atoms with Crippen molar-refractivity contribution in [1.82, 2.24) is 23.9 Å². The van der Waals surface area contributed by atoms with Crippen LogP contribution in [0.15, 0.2) is 69.4 Å². The second-order valence-electron chi connectivity index (χ2n) is 9.80. The Morgan fingerprint density at radius 1 is 1.07 bits per heavy atom. The number of ether oxygens (including phenoxy) is 3. The van der Waals surface area contributed by atoms with E-state index in [1.165, 1.54) is 11.3 Å². The molecule has 6 aromatic rings. The summed E-state index contributed by atoms with van der Waals surface area (Å²) in [5.74, 6) is 2.24. The predicted molar refractivity (Wildman–Crippen MR) is 162 cm³/mol. The highest BCUT2D eigenvalue weighted by molar-refractivity contribution is 7.89. The highest BCUT2D eigenvalue weighted by Crippen LogP contribution is 2.38. The summed E-state index contributed by atoms with van der Waals surface area (Å²) in [4.78, 5) is 11.1. The van der Waals surface area contributed by atoms with Crippen LogP contribution in [0.3, 0.4) is 0 Å². The van der Waals surface area contributed by atoms with E-state index in [9.17, 15) is 4.55 Å². The summed E-state index contributed by atoms with van der Waals surface area (Å²) in [6, 6.07) is 15.3. The van der Waals surface area contributed by atoms with Gasteiger partial charge in [-0.2, -0.15) is 0 Å². The number of piperidine rings is 1. The minimum atomic E-state index is -1.12. The lowest BCUT2D eigenvalue weighted by atomic mass is 9.99. The third kappa shape index (κ3) is 5.34. The smallest absolute Gasteiger partial charge is 0.294 e. The van der Waals surface area contributed by atoms with E-state index in [-0.39, 0.29) is 0 Å². The first-order chi connectivity index (χ1) is 20.6. The largest absolute Gasteiger partial charge is 0.593 e. The van der Waals surface area contributed by atoms with Crippen LogP contribution >= 0.6 is 22.7 Å². The van der Waals surface area contributed by atoms with Gasteiger partial charge < -0.3 is 23.2 Å². The summed E-state index contributed by atoms with van der Waals surface area (Å²) in [5.41, 5.74) is 2.18. The number of furan rings is 1. The molecule has 0 aliphatic carbocycles. The summed E-state index contributed by atoms with van der Waals surface area (Å²) in [6.45, 7) is 1.88. The Balaban J connectivity index is 1.04. The number of rotatable bonds is 9. The van der Waals surface area contributed by atoms with Crippen molar-refractivity contribution < 1.29 is 23.2 Å². The molecule has 4 aromatic heterocycles.